The molecule has 0 saturated heterocycles. The molecule has 2 aromatic rings. The van der Waals surface area contributed by atoms with Gasteiger partial charge in [0.1, 0.15) is 11.6 Å². The monoisotopic (exact) mass is 522 g/mol. The van der Waals surface area contributed by atoms with Crippen molar-refractivity contribution in [1.82, 2.24) is 5.32 Å². The number of unbranched alkanes of at least 4 members (excludes halogenated alkanes) is 1. The van der Waals surface area contributed by atoms with Gasteiger partial charge in [-0.05, 0) is 60.9 Å². The molecule has 0 radical (unpaired) electrons. The van der Waals surface area contributed by atoms with Crippen LogP contribution in [0.4, 0.5) is 0 Å². The number of carbonyl (C=O) groups excluding carboxylic acids is 2. The molecule has 0 fully saturated rings. The molecule has 0 heterocycles. The van der Waals surface area contributed by atoms with Crippen LogP contribution in [0, 0.1) is 11.3 Å². The number of methoxy groups -OCH3 is 2. The Bertz CT molecular complexity index is 1180. The highest BCUT2D eigenvalue weighted by atomic mass is 16.6. The number of nitrogens with one attached hydrogen (secondary N) is 1. The third kappa shape index (κ3) is 9.64. The smallest absolute Gasteiger partial charge is 0.336 e. The number of hydrogen-bond donors (Lipinski definition) is 1. The Morgan fingerprint density at radius 2 is 1.68 bits per heavy atom. The Morgan fingerprint density at radius 3 is 2.37 bits per heavy atom. The molecule has 202 valence electrons. The third-order valence-corrected chi connectivity index (χ3v) is 5.10. The van der Waals surface area contributed by atoms with Crippen LogP contribution >= 0.6 is 0 Å². The number of amides is 1. The van der Waals surface area contributed by atoms with Gasteiger partial charge >= 0.3 is 5.97 Å². The minimum Gasteiger partial charge on any atom is -0.493 e. The molecule has 0 aliphatic rings. The number of esters is 1. The fourth-order valence-electron chi connectivity index (χ4n) is 3.18. The molecule has 0 saturated carbocycles. The van der Waals surface area contributed by atoms with Gasteiger partial charge in [-0.3, -0.25) is 4.79 Å². The predicted octanol–water partition coefficient (Wildman–Crippen LogP) is 4.56. The lowest BCUT2D eigenvalue weighted by atomic mass is 10.1. The molecule has 0 aliphatic heterocycles. The fraction of sp³-hybridized carbons (Fsp3) is 0.345. The molecule has 9 nitrogen and oxygen atoms in total. The van der Waals surface area contributed by atoms with Crippen molar-refractivity contribution in [2.24, 2.45) is 0 Å². The second kappa shape index (κ2) is 16.5. The molecule has 1 amide bonds. The maximum Gasteiger partial charge on any atom is 0.336 e. The van der Waals surface area contributed by atoms with Crippen LogP contribution in [-0.2, 0) is 14.3 Å². The van der Waals surface area contributed by atoms with E-state index < -0.39 is 11.9 Å². The number of hydrogen-bond acceptors (Lipinski definition) is 8. The van der Waals surface area contributed by atoms with Crippen molar-refractivity contribution in [3.63, 3.8) is 0 Å². The van der Waals surface area contributed by atoms with E-state index in [4.69, 9.17) is 23.7 Å². The topological polar surface area (TPSA) is 116 Å². The van der Waals surface area contributed by atoms with E-state index in [0.29, 0.717) is 36.9 Å². The normalized spacial score (nSPS) is 11.1. The Morgan fingerprint density at radius 1 is 0.947 bits per heavy atom. The van der Waals surface area contributed by atoms with Crippen molar-refractivity contribution in [3.8, 4) is 29.1 Å². The van der Waals surface area contributed by atoms with Crippen molar-refractivity contribution < 1.29 is 33.3 Å². The van der Waals surface area contributed by atoms with Crippen molar-refractivity contribution in [1.29, 1.82) is 5.26 Å². The third-order valence-electron chi connectivity index (χ3n) is 5.10. The summed E-state index contributed by atoms with van der Waals surface area (Å²) in [6.07, 6.45) is 6.31. The second-order valence-corrected chi connectivity index (χ2v) is 7.92. The molecule has 38 heavy (non-hydrogen) atoms. The summed E-state index contributed by atoms with van der Waals surface area (Å²) >= 11 is 0. The average Bonchev–Trinajstić information content (AvgIpc) is 2.92. The van der Waals surface area contributed by atoms with E-state index in [-0.39, 0.29) is 23.6 Å². The van der Waals surface area contributed by atoms with E-state index in [9.17, 15) is 14.9 Å². The Hall–Kier alpha value is -4.29. The van der Waals surface area contributed by atoms with Gasteiger partial charge in [-0.1, -0.05) is 25.5 Å². The first-order valence-electron chi connectivity index (χ1n) is 12.3. The van der Waals surface area contributed by atoms with Crippen molar-refractivity contribution >= 4 is 24.0 Å². The summed E-state index contributed by atoms with van der Waals surface area (Å²) in [4.78, 5) is 24.7. The van der Waals surface area contributed by atoms with Crippen LogP contribution in [0.1, 0.15) is 37.8 Å². The summed E-state index contributed by atoms with van der Waals surface area (Å²) in [6.45, 7) is 5.69. The Labute approximate surface area is 223 Å². The van der Waals surface area contributed by atoms with E-state index in [1.165, 1.54) is 32.4 Å². The summed E-state index contributed by atoms with van der Waals surface area (Å²) in [6, 6.07) is 12.0. The highest BCUT2D eigenvalue weighted by molar-refractivity contribution is 6.01. The molecule has 0 spiro atoms. The zero-order valence-electron chi connectivity index (χ0n) is 22.2. The number of nitrogens with zero attached hydrogens (tertiary/aromatic N) is 1. The predicted molar refractivity (Wildman–Crippen MR) is 144 cm³/mol. The molecule has 0 unspecified atom stereocenters. The molecular weight excluding hydrogens is 488 g/mol. The lowest BCUT2D eigenvalue weighted by Gasteiger charge is -2.12. The van der Waals surface area contributed by atoms with Crippen LogP contribution in [0.2, 0.25) is 0 Å². The quantitative estimate of drug-likeness (QED) is 0.119. The lowest BCUT2D eigenvalue weighted by Crippen LogP contribution is -2.27. The van der Waals surface area contributed by atoms with Crippen LogP contribution in [0.15, 0.2) is 48.0 Å². The van der Waals surface area contributed by atoms with Crippen molar-refractivity contribution in [3.05, 3.63) is 59.2 Å². The molecule has 2 aromatic carbocycles. The van der Waals surface area contributed by atoms with Gasteiger partial charge < -0.3 is 29.0 Å². The van der Waals surface area contributed by atoms with Gasteiger partial charge in [0.2, 0.25) is 0 Å². The van der Waals surface area contributed by atoms with E-state index in [1.807, 2.05) is 25.1 Å². The molecule has 1 N–H and O–H groups in total. The summed E-state index contributed by atoms with van der Waals surface area (Å²) in [7, 11) is 2.95. The van der Waals surface area contributed by atoms with Gasteiger partial charge in [0.05, 0.1) is 26.9 Å². The fourth-order valence-corrected chi connectivity index (χ4v) is 3.18. The summed E-state index contributed by atoms with van der Waals surface area (Å²) < 4.78 is 27.1. The van der Waals surface area contributed by atoms with E-state index >= 15 is 0 Å². The molecular formula is C29H34N2O7. The largest absolute Gasteiger partial charge is 0.493 e. The minimum absolute atomic E-state index is 0.0796. The van der Waals surface area contributed by atoms with Gasteiger partial charge in [-0.25, -0.2) is 4.79 Å². The van der Waals surface area contributed by atoms with Crippen LogP contribution in [0.3, 0.4) is 0 Å². The zero-order valence-corrected chi connectivity index (χ0v) is 22.2. The van der Waals surface area contributed by atoms with Crippen LogP contribution in [-0.4, -0.2) is 52.5 Å². The summed E-state index contributed by atoms with van der Waals surface area (Å²) in [5.41, 5.74) is 1.19. The standard InChI is InChI=1S/C29H34N2O7/c1-5-7-15-37-24-11-8-21(18-27(24)36-6-2)10-13-28(32)38-25-12-9-22(19-26(25)35-4)17-23(20-30)29(33)31-14-16-34-3/h8-13,17-19H,5-7,14-16H2,1-4H3,(H,31,33)/b13-10+,23-17+. The lowest BCUT2D eigenvalue weighted by molar-refractivity contribution is -0.129. The first-order chi connectivity index (χ1) is 18.4. The maximum absolute atomic E-state index is 12.5. The highest BCUT2D eigenvalue weighted by Gasteiger charge is 2.12. The SMILES string of the molecule is CCCCOc1ccc(/C=C/C(=O)Oc2ccc(/C=C(\C#N)C(=O)NCCOC)cc2OC)cc1OCC. The van der Waals surface area contributed by atoms with Gasteiger partial charge in [0, 0.05) is 19.7 Å². The molecule has 0 bridgehead atoms. The number of carbonyl (C=O) groups is 2. The van der Waals surface area contributed by atoms with Crippen molar-refractivity contribution in [2.75, 3.05) is 40.6 Å². The highest BCUT2D eigenvalue weighted by Crippen LogP contribution is 2.31. The summed E-state index contributed by atoms with van der Waals surface area (Å²) in [5.74, 6) is 0.599. The van der Waals surface area contributed by atoms with Gasteiger partial charge in [-0.2, -0.15) is 5.26 Å². The Balaban J connectivity index is 2.11. The van der Waals surface area contributed by atoms with E-state index in [0.717, 1.165) is 18.4 Å². The number of rotatable bonds is 15. The Kier molecular flexibility index (Phi) is 13.0. The van der Waals surface area contributed by atoms with Gasteiger partial charge in [0.25, 0.3) is 5.91 Å². The first kappa shape index (κ1) is 29.9. The van der Waals surface area contributed by atoms with Gasteiger partial charge in [-0.15, -0.1) is 0 Å². The molecule has 0 atom stereocenters. The maximum atomic E-state index is 12.5. The van der Waals surface area contributed by atoms with Gasteiger partial charge in [0.15, 0.2) is 23.0 Å². The first-order valence-corrected chi connectivity index (χ1v) is 12.3. The minimum atomic E-state index is -0.608. The second-order valence-electron chi connectivity index (χ2n) is 7.92. The number of ether oxygens (including phenoxy) is 5. The summed E-state index contributed by atoms with van der Waals surface area (Å²) in [5, 5.41) is 11.9. The zero-order chi connectivity index (χ0) is 27.8. The number of nitriles is 1. The molecule has 2 rings (SSSR count). The van der Waals surface area contributed by atoms with E-state index in [1.54, 1.807) is 24.3 Å². The molecule has 0 aromatic heterocycles. The van der Waals surface area contributed by atoms with Crippen LogP contribution < -0.4 is 24.3 Å². The van der Waals surface area contributed by atoms with Crippen molar-refractivity contribution in [2.45, 2.75) is 26.7 Å². The number of benzene rings is 2. The average molecular weight is 523 g/mol. The van der Waals surface area contributed by atoms with Crippen LogP contribution in [0.5, 0.6) is 23.0 Å². The molecule has 0 aliphatic carbocycles. The molecule has 9 heteroatoms. The van der Waals surface area contributed by atoms with Crippen LogP contribution in [0.25, 0.3) is 12.2 Å². The van der Waals surface area contributed by atoms with E-state index in [2.05, 4.69) is 12.2 Å².